The number of amides is 1. The Hall–Kier alpha value is -2.12. The van der Waals surface area contributed by atoms with Gasteiger partial charge < -0.3 is 45.1 Å². The largest absolute Gasteiger partial charge is 0.466 e. The van der Waals surface area contributed by atoms with Crippen LogP contribution in [-0.2, 0) is 23.8 Å². The van der Waals surface area contributed by atoms with Crippen LogP contribution in [0.5, 0.6) is 0 Å². The van der Waals surface area contributed by atoms with Gasteiger partial charge in [0.2, 0.25) is 5.91 Å². The number of esters is 1. The number of nitrogens with one attached hydrogen (secondary N) is 1. The van der Waals surface area contributed by atoms with Crippen molar-refractivity contribution in [3.05, 3.63) is 36.5 Å². The normalized spacial score (nSPS) is 17.7. The van der Waals surface area contributed by atoms with Crippen molar-refractivity contribution in [2.45, 2.75) is 448 Å². The molecule has 542 valence electrons. The second-order valence-corrected chi connectivity index (χ2v) is 28.1. The van der Waals surface area contributed by atoms with E-state index in [1.165, 1.54) is 321 Å². The first-order valence-corrected chi connectivity index (χ1v) is 40.3. The summed E-state index contributed by atoms with van der Waals surface area (Å²) in [6.45, 7) is 4.37. The van der Waals surface area contributed by atoms with Crippen molar-refractivity contribution in [3.8, 4) is 0 Å². The molecule has 92 heavy (non-hydrogen) atoms. The van der Waals surface area contributed by atoms with Crippen molar-refractivity contribution in [1.82, 2.24) is 5.32 Å². The standard InChI is InChI=1S/C81H153NO10/c1-3-5-7-9-11-13-15-16-45-49-53-57-61-65-69-77(86)90-70-66-62-58-54-50-46-43-41-39-37-35-33-31-29-27-25-23-21-19-17-18-20-22-24-26-28-30-32-34-36-38-40-42-44-48-52-56-60-64-68-76(85)82-73(72-91-81-80(89)79(88)78(87)75(71-83)92-81)74(84)67-63-59-55-51-47-14-12-10-8-6-4-2/h15-18,63,67,73-75,78-81,83-84,87-89H,3-14,19-62,64-66,68-72H2,1-2H3,(H,82,85)/b16-15-,18-17-,67-63+. The summed E-state index contributed by atoms with van der Waals surface area (Å²) in [5, 5.41) is 54.5. The van der Waals surface area contributed by atoms with Crippen molar-refractivity contribution >= 4 is 11.9 Å². The van der Waals surface area contributed by atoms with Crippen LogP contribution < -0.4 is 5.32 Å². The molecule has 1 rings (SSSR count). The van der Waals surface area contributed by atoms with Crippen LogP contribution >= 0.6 is 0 Å². The average Bonchev–Trinajstić information content (AvgIpc) is 1.02. The van der Waals surface area contributed by atoms with Gasteiger partial charge in [0.15, 0.2) is 6.29 Å². The maximum Gasteiger partial charge on any atom is 0.305 e. The molecule has 0 bridgehead atoms. The zero-order valence-electron chi connectivity index (χ0n) is 60.5. The molecule has 1 heterocycles. The summed E-state index contributed by atoms with van der Waals surface area (Å²) >= 11 is 0. The predicted octanol–water partition coefficient (Wildman–Crippen LogP) is 21.7. The highest BCUT2D eigenvalue weighted by Gasteiger charge is 2.44. The van der Waals surface area contributed by atoms with E-state index >= 15 is 0 Å². The topological polar surface area (TPSA) is 175 Å². The Morgan fingerprint density at radius 2 is 0.696 bits per heavy atom. The minimum Gasteiger partial charge on any atom is -0.466 e. The highest BCUT2D eigenvalue weighted by molar-refractivity contribution is 5.76. The quantitative estimate of drug-likeness (QED) is 0.0195. The first-order valence-electron chi connectivity index (χ1n) is 40.3. The monoisotopic (exact) mass is 1300 g/mol. The van der Waals surface area contributed by atoms with Gasteiger partial charge in [-0.05, 0) is 83.5 Å². The Kier molecular flexibility index (Phi) is 67.1. The highest BCUT2D eigenvalue weighted by Crippen LogP contribution is 2.24. The number of hydrogen-bond donors (Lipinski definition) is 6. The molecule has 0 aliphatic carbocycles. The van der Waals surface area contributed by atoms with Gasteiger partial charge in [0.05, 0.1) is 32.0 Å². The summed E-state index contributed by atoms with van der Waals surface area (Å²) < 4.78 is 16.8. The number of allylic oxidation sites excluding steroid dienone is 5. The lowest BCUT2D eigenvalue weighted by atomic mass is 9.99. The highest BCUT2D eigenvalue weighted by atomic mass is 16.7. The van der Waals surface area contributed by atoms with Crippen LogP contribution in [0.4, 0.5) is 0 Å². The van der Waals surface area contributed by atoms with Crippen LogP contribution in [0.3, 0.4) is 0 Å². The molecule has 0 radical (unpaired) electrons. The van der Waals surface area contributed by atoms with Crippen LogP contribution in [0, 0.1) is 0 Å². The summed E-state index contributed by atoms with van der Waals surface area (Å²) in [6.07, 6.45) is 81.9. The minimum atomic E-state index is -1.57. The molecule has 0 aromatic rings. The SMILES string of the molecule is CCCCCCC/C=C\CCCCCCCC(=O)OCCCCCCCCCCCCCCCCCCCC/C=C\CCCCCCCCCCCCCCCCCCCC(=O)NC(COC1OC(CO)C(O)C(O)C1O)C(O)/C=C/CCCCCCCCCCC. The summed E-state index contributed by atoms with van der Waals surface area (Å²) in [5.41, 5.74) is 0. The van der Waals surface area contributed by atoms with Gasteiger partial charge in [-0.15, -0.1) is 0 Å². The molecule has 0 aromatic carbocycles. The van der Waals surface area contributed by atoms with Gasteiger partial charge in [0.25, 0.3) is 0 Å². The third-order valence-electron chi connectivity index (χ3n) is 19.2. The third-order valence-corrected chi connectivity index (χ3v) is 19.2. The fraction of sp³-hybridized carbons (Fsp3) is 0.901. The Bertz CT molecular complexity index is 1620. The predicted molar refractivity (Wildman–Crippen MR) is 389 cm³/mol. The first-order chi connectivity index (χ1) is 45.2. The lowest BCUT2D eigenvalue weighted by molar-refractivity contribution is -0.302. The van der Waals surface area contributed by atoms with E-state index in [0.29, 0.717) is 19.4 Å². The van der Waals surface area contributed by atoms with E-state index in [1.807, 2.05) is 6.08 Å². The van der Waals surface area contributed by atoms with Gasteiger partial charge in [-0.2, -0.15) is 0 Å². The van der Waals surface area contributed by atoms with E-state index in [0.717, 1.165) is 57.8 Å². The number of rotatable bonds is 72. The minimum absolute atomic E-state index is 0.00872. The molecule has 0 spiro atoms. The Balaban J connectivity index is 1.87. The molecule has 1 saturated heterocycles. The number of ether oxygens (including phenoxy) is 3. The van der Waals surface area contributed by atoms with Crippen molar-refractivity contribution in [2.75, 3.05) is 19.8 Å². The van der Waals surface area contributed by atoms with Crippen molar-refractivity contribution < 1.29 is 49.3 Å². The van der Waals surface area contributed by atoms with Crippen molar-refractivity contribution in [1.29, 1.82) is 0 Å². The van der Waals surface area contributed by atoms with E-state index < -0.39 is 49.5 Å². The van der Waals surface area contributed by atoms with Crippen LogP contribution in [0.2, 0.25) is 0 Å². The molecular formula is C81H153NO10. The molecule has 1 amide bonds. The van der Waals surface area contributed by atoms with Gasteiger partial charge in [0, 0.05) is 12.8 Å². The lowest BCUT2D eigenvalue weighted by Crippen LogP contribution is -2.60. The lowest BCUT2D eigenvalue weighted by Gasteiger charge is -2.40. The second-order valence-electron chi connectivity index (χ2n) is 28.1. The van der Waals surface area contributed by atoms with Crippen LogP contribution in [0.15, 0.2) is 36.5 Å². The van der Waals surface area contributed by atoms with Crippen LogP contribution in [-0.4, -0.2) is 100 Å². The Labute approximate surface area is 568 Å². The van der Waals surface area contributed by atoms with E-state index in [4.69, 9.17) is 14.2 Å². The summed E-state index contributed by atoms with van der Waals surface area (Å²) in [4.78, 5) is 25.1. The number of aliphatic hydroxyl groups excluding tert-OH is 5. The molecule has 0 aromatic heterocycles. The van der Waals surface area contributed by atoms with Gasteiger partial charge >= 0.3 is 5.97 Å². The number of carbonyl (C=O) groups excluding carboxylic acids is 2. The fourth-order valence-electron chi connectivity index (χ4n) is 12.9. The number of unbranched alkanes of at least 4 members (excludes halogenated alkanes) is 54. The summed E-state index contributed by atoms with van der Waals surface area (Å²) in [6, 6.07) is -0.806. The van der Waals surface area contributed by atoms with E-state index in [1.54, 1.807) is 6.08 Å². The zero-order valence-corrected chi connectivity index (χ0v) is 60.5. The summed E-state index contributed by atoms with van der Waals surface area (Å²) in [7, 11) is 0. The number of carbonyl (C=O) groups is 2. The maximum absolute atomic E-state index is 13.1. The van der Waals surface area contributed by atoms with E-state index in [-0.39, 0.29) is 18.5 Å². The molecule has 11 nitrogen and oxygen atoms in total. The molecular weight excluding hydrogens is 1150 g/mol. The number of aliphatic hydroxyl groups is 5. The molecule has 1 aliphatic heterocycles. The number of hydrogen-bond acceptors (Lipinski definition) is 10. The summed E-state index contributed by atoms with van der Waals surface area (Å²) in [5.74, 6) is -0.167. The van der Waals surface area contributed by atoms with Gasteiger partial charge in [0.1, 0.15) is 24.4 Å². The van der Waals surface area contributed by atoms with Gasteiger partial charge in [-0.3, -0.25) is 9.59 Å². The smallest absolute Gasteiger partial charge is 0.305 e. The molecule has 0 saturated carbocycles. The zero-order chi connectivity index (χ0) is 66.5. The third kappa shape index (κ3) is 58.1. The first kappa shape index (κ1) is 87.9. The maximum atomic E-state index is 13.1. The Morgan fingerprint density at radius 1 is 0.391 bits per heavy atom. The molecule has 11 heteroatoms. The van der Waals surface area contributed by atoms with Crippen molar-refractivity contribution in [2.24, 2.45) is 0 Å². The fourth-order valence-corrected chi connectivity index (χ4v) is 12.9. The van der Waals surface area contributed by atoms with Crippen molar-refractivity contribution in [3.63, 3.8) is 0 Å². The van der Waals surface area contributed by atoms with E-state index in [9.17, 15) is 35.1 Å². The van der Waals surface area contributed by atoms with Gasteiger partial charge in [-0.1, -0.05) is 346 Å². The molecule has 7 atom stereocenters. The van der Waals surface area contributed by atoms with Gasteiger partial charge in [-0.25, -0.2) is 0 Å². The second kappa shape index (κ2) is 70.2. The average molecular weight is 1300 g/mol. The molecule has 1 aliphatic rings. The van der Waals surface area contributed by atoms with E-state index in [2.05, 4.69) is 43.5 Å². The Morgan fingerprint density at radius 3 is 1.04 bits per heavy atom. The molecule has 1 fully saturated rings. The van der Waals surface area contributed by atoms with Crippen LogP contribution in [0.1, 0.15) is 406 Å². The molecule has 7 unspecified atom stereocenters. The van der Waals surface area contributed by atoms with Crippen LogP contribution in [0.25, 0.3) is 0 Å². The molecule has 6 N–H and O–H groups in total.